The highest BCUT2D eigenvalue weighted by atomic mass is 35.5. The van der Waals surface area contributed by atoms with E-state index in [0.29, 0.717) is 11.8 Å². The number of amides is 2. The fourth-order valence-corrected chi connectivity index (χ4v) is 5.08. The highest BCUT2D eigenvalue weighted by Crippen LogP contribution is 2.39. The summed E-state index contributed by atoms with van der Waals surface area (Å²) in [5.41, 5.74) is 6.16. The maximum absolute atomic E-state index is 12.6. The Morgan fingerprint density at radius 2 is 1.56 bits per heavy atom. The smallest absolute Gasteiger partial charge is 0.242 e. The van der Waals surface area contributed by atoms with Crippen LogP contribution in [0, 0.1) is 17.8 Å². The molecule has 3 aliphatic carbocycles. The molecule has 0 spiro atoms. The van der Waals surface area contributed by atoms with Crippen LogP contribution in [0.25, 0.3) is 0 Å². The molecule has 6 heteroatoms. The molecule has 2 amide bonds. The van der Waals surface area contributed by atoms with E-state index in [1.165, 1.54) is 12.8 Å². The van der Waals surface area contributed by atoms with Gasteiger partial charge in [0.2, 0.25) is 11.8 Å². The summed E-state index contributed by atoms with van der Waals surface area (Å²) in [4.78, 5) is 24.9. The van der Waals surface area contributed by atoms with Crippen LogP contribution >= 0.6 is 12.4 Å². The van der Waals surface area contributed by atoms with E-state index < -0.39 is 6.04 Å². The Balaban J connectivity index is 0.00000225. The minimum Gasteiger partial charge on any atom is -0.351 e. The van der Waals surface area contributed by atoms with Crippen LogP contribution in [0.1, 0.15) is 71.1 Å². The zero-order chi connectivity index (χ0) is 17.1. The number of nitrogens with one attached hydrogen (secondary N) is 2. The van der Waals surface area contributed by atoms with Crippen molar-refractivity contribution in [3.05, 3.63) is 0 Å². The van der Waals surface area contributed by atoms with Gasteiger partial charge in [-0.05, 0) is 57.3 Å². The zero-order valence-corrected chi connectivity index (χ0v) is 16.2. The quantitative estimate of drug-likeness (QED) is 0.709. The predicted octanol–water partition coefficient (Wildman–Crippen LogP) is 2.52. The van der Waals surface area contributed by atoms with Crippen LogP contribution in [0.4, 0.5) is 0 Å². The van der Waals surface area contributed by atoms with E-state index in [0.717, 1.165) is 51.4 Å². The molecule has 0 aromatic rings. The Morgan fingerprint density at radius 1 is 0.960 bits per heavy atom. The predicted molar refractivity (Wildman–Crippen MR) is 101 cm³/mol. The minimum atomic E-state index is -0.448. The number of nitrogens with two attached hydrogens (primary N) is 1. The SMILES string of the molecule is C[C@H](NC(=O)C1CCCCC1)C(=O)NC1C2CCCC1CC(N)C2.Cl. The Labute approximate surface area is 157 Å². The lowest BCUT2D eigenvalue weighted by atomic mass is 9.67. The summed E-state index contributed by atoms with van der Waals surface area (Å²) in [6.07, 6.45) is 11.0. The fraction of sp³-hybridized carbons (Fsp3) is 0.895. The molecule has 0 aromatic carbocycles. The van der Waals surface area contributed by atoms with Gasteiger partial charge < -0.3 is 16.4 Å². The van der Waals surface area contributed by atoms with Gasteiger partial charge in [-0.25, -0.2) is 0 Å². The lowest BCUT2D eigenvalue weighted by Crippen LogP contribution is -2.57. The van der Waals surface area contributed by atoms with Crippen LogP contribution in [0.5, 0.6) is 0 Å². The molecule has 3 atom stereocenters. The van der Waals surface area contributed by atoms with E-state index in [1.807, 2.05) is 0 Å². The van der Waals surface area contributed by atoms with Gasteiger partial charge in [0, 0.05) is 18.0 Å². The minimum absolute atomic E-state index is 0. The number of halogens is 1. The van der Waals surface area contributed by atoms with E-state index in [1.54, 1.807) is 6.92 Å². The molecule has 0 heterocycles. The molecule has 2 unspecified atom stereocenters. The summed E-state index contributed by atoms with van der Waals surface area (Å²) >= 11 is 0. The first-order valence-corrected chi connectivity index (χ1v) is 9.91. The van der Waals surface area contributed by atoms with Crippen LogP contribution < -0.4 is 16.4 Å². The number of hydrogen-bond acceptors (Lipinski definition) is 3. The van der Waals surface area contributed by atoms with Crippen molar-refractivity contribution >= 4 is 24.2 Å². The van der Waals surface area contributed by atoms with Gasteiger partial charge in [-0.2, -0.15) is 0 Å². The van der Waals surface area contributed by atoms with Gasteiger partial charge in [-0.1, -0.05) is 25.7 Å². The van der Waals surface area contributed by atoms with Gasteiger partial charge in [0.15, 0.2) is 0 Å². The van der Waals surface area contributed by atoms with Crippen molar-refractivity contribution in [1.82, 2.24) is 10.6 Å². The summed E-state index contributed by atoms with van der Waals surface area (Å²) in [6.45, 7) is 1.81. The zero-order valence-electron chi connectivity index (χ0n) is 15.3. The number of carbonyl (C=O) groups is 2. The topological polar surface area (TPSA) is 84.2 Å². The summed E-state index contributed by atoms with van der Waals surface area (Å²) in [7, 11) is 0. The van der Waals surface area contributed by atoms with E-state index in [-0.39, 0.29) is 42.2 Å². The molecule has 0 saturated heterocycles. The van der Waals surface area contributed by atoms with Gasteiger partial charge >= 0.3 is 0 Å². The second-order valence-electron chi connectivity index (χ2n) is 8.28. The third kappa shape index (κ3) is 5.10. The lowest BCUT2D eigenvalue weighted by molar-refractivity contribution is -0.132. The molecule has 0 radical (unpaired) electrons. The van der Waals surface area contributed by atoms with Gasteiger partial charge in [-0.15, -0.1) is 12.4 Å². The van der Waals surface area contributed by atoms with Gasteiger partial charge in [-0.3, -0.25) is 9.59 Å². The number of hydrogen-bond donors (Lipinski definition) is 3. The van der Waals surface area contributed by atoms with Crippen molar-refractivity contribution in [2.75, 3.05) is 0 Å². The van der Waals surface area contributed by atoms with Crippen LogP contribution in [0.2, 0.25) is 0 Å². The standard InChI is InChI=1S/C19H33N3O2.ClH/c1-12(21-19(24)13-6-3-2-4-7-13)18(23)22-17-14-8-5-9-15(17)11-16(20)10-14;/h12-17H,2-11,20H2,1H3,(H,21,24)(H,22,23);1H/t12-,14?,15?,16?,17?;/m0./s1. The van der Waals surface area contributed by atoms with Crippen molar-refractivity contribution in [3.63, 3.8) is 0 Å². The second-order valence-corrected chi connectivity index (χ2v) is 8.28. The Hall–Kier alpha value is -0.810. The maximum atomic E-state index is 12.6. The van der Waals surface area contributed by atoms with Crippen LogP contribution in [-0.4, -0.2) is 29.9 Å². The molecule has 25 heavy (non-hydrogen) atoms. The first-order chi connectivity index (χ1) is 11.5. The Kier molecular flexibility index (Phi) is 7.56. The van der Waals surface area contributed by atoms with Crippen molar-refractivity contribution in [1.29, 1.82) is 0 Å². The first-order valence-electron chi connectivity index (χ1n) is 9.91. The molecule has 3 fully saturated rings. The van der Waals surface area contributed by atoms with Crippen LogP contribution in [0.15, 0.2) is 0 Å². The molecule has 144 valence electrons. The van der Waals surface area contributed by atoms with E-state index >= 15 is 0 Å². The lowest BCUT2D eigenvalue weighted by Gasteiger charge is -2.45. The summed E-state index contributed by atoms with van der Waals surface area (Å²) in [5, 5.41) is 6.18. The molecule has 3 aliphatic rings. The van der Waals surface area contributed by atoms with E-state index in [2.05, 4.69) is 10.6 Å². The Morgan fingerprint density at radius 3 is 2.16 bits per heavy atom. The monoisotopic (exact) mass is 371 g/mol. The van der Waals surface area contributed by atoms with Gasteiger partial charge in [0.25, 0.3) is 0 Å². The molecular weight excluding hydrogens is 338 g/mol. The molecule has 2 bridgehead atoms. The highest BCUT2D eigenvalue weighted by molar-refractivity contribution is 5.88. The molecule has 3 rings (SSSR count). The summed E-state index contributed by atoms with van der Waals surface area (Å²) in [6, 6.07) is 0.0905. The molecule has 4 N–H and O–H groups in total. The third-order valence-electron chi connectivity index (χ3n) is 6.41. The molecule has 5 nitrogen and oxygen atoms in total. The number of rotatable bonds is 4. The average Bonchev–Trinajstić information content (AvgIpc) is 2.56. The Bertz CT molecular complexity index is 454. The maximum Gasteiger partial charge on any atom is 0.242 e. The largest absolute Gasteiger partial charge is 0.351 e. The summed E-state index contributed by atoms with van der Waals surface area (Å²) < 4.78 is 0. The number of fused-ring (bicyclic) bond motifs is 2. The number of carbonyl (C=O) groups excluding carboxylic acids is 2. The molecule has 0 aliphatic heterocycles. The molecule has 0 aromatic heterocycles. The van der Waals surface area contributed by atoms with E-state index in [9.17, 15) is 9.59 Å². The second kappa shape index (κ2) is 9.22. The molecule has 3 saturated carbocycles. The van der Waals surface area contributed by atoms with Crippen molar-refractivity contribution in [3.8, 4) is 0 Å². The third-order valence-corrected chi connectivity index (χ3v) is 6.41. The van der Waals surface area contributed by atoms with Crippen LogP contribution in [0.3, 0.4) is 0 Å². The van der Waals surface area contributed by atoms with Crippen molar-refractivity contribution in [2.45, 2.75) is 89.3 Å². The van der Waals surface area contributed by atoms with Crippen molar-refractivity contribution < 1.29 is 9.59 Å². The van der Waals surface area contributed by atoms with Crippen LogP contribution in [-0.2, 0) is 9.59 Å². The normalized spacial score (nSPS) is 33.7. The van der Waals surface area contributed by atoms with Crippen molar-refractivity contribution in [2.24, 2.45) is 23.5 Å². The first kappa shape index (κ1) is 20.5. The van der Waals surface area contributed by atoms with Gasteiger partial charge in [0.1, 0.15) is 6.04 Å². The summed E-state index contributed by atoms with van der Waals surface area (Å²) in [5.74, 6) is 1.15. The highest BCUT2D eigenvalue weighted by Gasteiger charge is 2.40. The molecular formula is C19H34ClN3O2. The van der Waals surface area contributed by atoms with E-state index in [4.69, 9.17) is 5.73 Å². The van der Waals surface area contributed by atoms with Gasteiger partial charge in [0.05, 0.1) is 0 Å². The fourth-order valence-electron chi connectivity index (χ4n) is 5.08. The average molecular weight is 372 g/mol.